The van der Waals surface area contributed by atoms with Crippen molar-refractivity contribution in [3.8, 4) is 5.75 Å². The Morgan fingerprint density at radius 3 is 2.52 bits per heavy atom. The third-order valence-corrected chi connectivity index (χ3v) is 4.22. The van der Waals surface area contributed by atoms with Crippen LogP contribution in [0, 0.1) is 5.92 Å². The number of nitrogens with one attached hydrogen (secondary N) is 2. The van der Waals surface area contributed by atoms with Gasteiger partial charge in [0.15, 0.2) is 0 Å². The van der Waals surface area contributed by atoms with Crippen LogP contribution in [-0.2, 0) is 0 Å². The smallest absolute Gasteiger partial charge is 0.405 e. The summed E-state index contributed by atoms with van der Waals surface area (Å²) in [5.74, 6) is -1.30. The molecule has 0 saturated carbocycles. The van der Waals surface area contributed by atoms with E-state index < -0.39 is 24.1 Å². The fraction of sp³-hybridized carbons (Fsp3) is 0.529. The molecule has 0 unspecified atom stereocenters. The third kappa shape index (κ3) is 5.75. The summed E-state index contributed by atoms with van der Waals surface area (Å²) in [6.07, 6.45) is -4.90. The number of para-hydroxylation sites is 1. The maximum atomic E-state index is 12.6. The maximum Gasteiger partial charge on any atom is 0.573 e. The molecular weight excluding hydrogens is 365 g/mol. The highest BCUT2D eigenvalue weighted by Gasteiger charge is 2.37. The van der Waals surface area contributed by atoms with Crippen molar-refractivity contribution in [3.05, 3.63) is 29.8 Å². The lowest BCUT2D eigenvalue weighted by Crippen LogP contribution is -2.44. The Balaban J connectivity index is 2.16. The number of hydrogen-bond donors (Lipinski definition) is 2. The van der Waals surface area contributed by atoms with Crippen molar-refractivity contribution in [1.29, 1.82) is 0 Å². The number of rotatable bonds is 5. The molecule has 0 aliphatic carbocycles. The lowest BCUT2D eigenvalue weighted by molar-refractivity contribution is -0.274. The molecule has 1 aliphatic rings. The van der Waals surface area contributed by atoms with E-state index in [1.807, 2.05) is 19.0 Å². The summed E-state index contributed by atoms with van der Waals surface area (Å²) in [6, 6.07) is 4.51. The van der Waals surface area contributed by atoms with Crippen molar-refractivity contribution in [3.63, 3.8) is 0 Å². The number of carbonyl (C=O) groups excluding carboxylic acids is 2. The molecule has 10 heteroatoms. The number of nitrogens with zero attached hydrogens (tertiary/aromatic N) is 2. The van der Waals surface area contributed by atoms with E-state index in [2.05, 4.69) is 15.4 Å². The zero-order valence-electron chi connectivity index (χ0n) is 15.3. The highest BCUT2D eigenvalue weighted by atomic mass is 19.4. The molecule has 0 aromatic heterocycles. The molecule has 0 radical (unpaired) electrons. The molecule has 1 aliphatic heterocycles. The second-order valence-corrected chi connectivity index (χ2v) is 6.61. The number of halogens is 3. The number of alkyl halides is 3. The molecule has 150 valence electrons. The minimum Gasteiger partial charge on any atom is -0.405 e. The van der Waals surface area contributed by atoms with Crippen LogP contribution in [0.3, 0.4) is 0 Å². The summed E-state index contributed by atoms with van der Waals surface area (Å²) in [7, 11) is 5.25. The van der Waals surface area contributed by atoms with E-state index in [0.717, 1.165) is 6.07 Å². The van der Waals surface area contributed by atoms with Gasteiger partial charge in [0, 0.05) is 32.6 Å². The molecule has 1 saturated heterocycles. The summed E-state index contributed by atoms with van der Waals surface area (Å²) >= 11 is 0. The topological polar surface area (TPSA) is 73.9 Å². The van der Waals surface area contributed by atoms with E-state index >= 15 is 0 Å². The highest BCUT2D eigenvalue weighted by Crippen LogP contribution is 2.27. The lowest BCUT2D eigenvalue weighted by Gasteiger charge is -2.23. The first-order chi connectivity index (χ1) is 12.6. The minimum atomic E-state index is -4.90. The Labute approximate surface area is 155 Å². The van der Waals surface area contributed by atoms with Gasteiger partial charge in [-0.2, -0.15) is 0 Å². The van der Waals surface area contributed by atoms with Crippen molar-refractivity contribution in [2.45, 2.75) is 12.4 Å². The molecule has 1 aromatic carbocycles. The third-order valence-electron chi connectivity index (χ3n) is 4.22. The fourth-order valence-electron chi connectivity index (χ4n) is 3.13. The summed E-state index contributed by atoms with van der Waals surface area (Å²) in [4.78, 5) is 28.0. The first-order valence-electron chi connectivity index (χ1n) is 8.37. The molecule has 2 N–H and O–H groups in total. The standard InChI is InChI=1S/C17H23F3N4O3/c1-21-16(26)24-9-11(8-23(2)3)13(10-24)22-15(25)12-6-4-5-7-14(12)27-17(18,19)20/h4-7,11,13H,8-10H2,1-3H3,(H,21,26)(H,22,25)/t11-,13-/m1/s1. The first kappa shape index (κ1) is 20.8. The molecule has 1 heterocycles. The van der Waals surface area contributed by atoms with Gasteiger partial charge in [-0.15, -0.1) is 13.2 Å². The van der Waals surface area contributed by atoms with Crippen LogP contribution in [0.5, 0.6) is 5.75 Å². The molecule has 27 heavy (non-hydrogen) atoms. The van der Waals surface area contributed by atoms with Crippen LogP contribution in [0.15, 0.2) is 24.3 Å². The Bertz CT molecular complexity index is 682. The van der Waals surface area contributed by atoms with E-state index in [4.69, 9.17) is 0 Å². The van der Waals surface area contributed by atoms with Crippen molar-refractivity contribution in [2.75, 3.05) is 40.8 Å². The molecule has 3 amide bonds. The molecule has 1 aromatic rings. The fourth-order valence-corrected chi connectivity index (χ4v) is 3.13. The molecule has 2 atom stereocenters. The van der Waals surface area contributed by atoms with Gasteiger partial charge in [-0.05, 0) is 26.2 Å². The van der Waals surface area contributed by atoms with Gasteiger partial charge >= 0.3 is 12.4 Å². The Morgan fingerprint density at radius 2 is 1.93 bits per heavy atom. The number of likely N-dealkylation sites (tertiary alicyclic amines) is 1. The van der Waals surface area contributed by atoms with E-state index in [1.54, 1.807) is 4.90 Å². The van der Waals surface area contributed by atoms with E-state index in [9.17, 15) is 22.8 Å². The van der Waals surface area contributed by atoms with Crippen LogP contribution in [0.2, 0.25) is 0 Å². The van der Waals surface area contributed by atoms with Crippen LogP contribution in [0.4, 0.5) is 18.0 Å². The zero-order valence-corrected chi connectivity index (χ0v) is 15.3. The van der Waals surface area contributed by atoms with Gasteiger partial charge < -0.3 is 25.2 Å². The number of hydrogen-bond acceptors (Lipinski definition) is 4. The van der Waals surface area contributed by atoms with Crippen molar-refractivity contribution in [1.82, 2.24) is 20.4 Å². The van der Waals surface area contributed by atoms with E-state index in [1.165, 1.54) is 25.2 Å². The molecular formula is C17H23F3N4O3. The molecule has 2 rings (SSSR count). The normalized spacial score (nSPS) is 19.9. The van der Waals surface area contributed by atoms with Gasteiger partial charge in [-0.1, -0.05) is 12.1 Å². The number of amides is 3. The molecule has 1 fully saturated rings. The zero-order chi connectivity index (χ0) is 20.2. The predicted octanol–water partition coefficient (Wildman–Crippen LogP) is 1.52. The Morgan fingerprint density at radius 1 is 1.26 bits per heavy atom. The van der Waals surface area contributed by atoms with Gasteiger partial charge in [-0.3, -0.25) is 4.79 Å². The van der Waals surface area contributed by atoms with Gasteiger partial charge in [-0.25, -0.2) is 4.79 Å². The number of carbonyl (C=O) groups is 2. The second-order valence-electron chi connectivity index (χ2n) is 6.61. The van der Waals surface area contributed by atoms with Crippen molar-refractivity contribution >= 4 is 11.9 Å². The Hall–Kier alpha value is -2.49. The molecule has 7 nitrogen and oxygen atoms in total. The lowest BCUT2D eigenvalue weighted by atomic mass is 10.0. The maximum absolute atomic E-state index is 12.6. The van der Waals surface area contributed by atoms with Crippen molar-refractivity contribution in [2.24, 2.45) is 5.92 Å². The predicted molar refractivity (Wildman–Crippen MR) is 92.5 cm³/mol. The van der Waals surface area contributed by atoms with Crippen LogP contribution in [0.25, 0.3) is 0 Å². The van der Waals surface area contributed by atoms with Crippen LogP contribution >= 0.6 is 0 Å². The van der Waals surface area contributed by atoms with Gasteiger partial charge in [0.2, 0.25) is 0 Å². The minimum absolute atomic E-state index is 0.0584. The number of ether oxygens (including phenoxy) is 1. The largest absolute Gasteiger partial charge is 0.573 e. The summed E-state index contributed by atoms with van der Waals surface area (Å²) in [5, 5.41) is 5.29. The van der Waals surface area contributed by atoms with Crippen LogP contribution in [-0.4, -0.2) is 74.9 Å². The SMILES string of the molecule is CNC(=O)N1C[C@@H](CN(C)C)[C@H](NC(=O)c2ccccc2OC(F)(F)F)C1. The van der Waals surface area contributed by atoms with E-state index in [0.29, 0.717) is 13.1 Å². The van der Waals surface area contributed by atoms with Crippen molar-refractivity contribution < 1.29 is 27.5 Å². The average molecular weight is 388 g/mol. The number of benzene rings is 1. The molecule has 0 bridgehead atoms. The van der Waals surface area contributed by atoms with Gasteiger partial charge in [0.1, 0.15) is 5.75 Å². The number of urea groups is 1. The summed E-state index contributed by atoms with van der Waals surface area (Å²) in [5.41, 5.74) is -0.211. The van der Waals surface area contributed by atoms with Crippen LogP contribution in [0.1, 0.15) is 10.4 Å². The van der Waals surface area contributed by atoms with Crippen LogP contribution < -0.4 is 15.4 Å². The summed E-state index contributed by atoms with van der Waals surface area (Å²) in [6.45, 7) is 1.31. The Kier molecular flexibility index (Phi) is 6.53. The van der Waals surface area contributed by atoms with E-state index in [-0.39, 0.29) is 24.1 Å². The molecule has 0 spiro atoms. The monoisotopic (exact) mass is 388 g/mol. The first-order valence-corrected chi connectivity index (χ1v) is 8.37. The van der Waals surface area contributed by atoms with Gasteiger partial charge in [0.05, 0.1) is 11.6 Å². The van der Waals surface area contributed by atoms with Gasteiger partial charge in [0.25, 0.3) is 5.91 Å². The highest BCUT2D eigenvalue weighted by molar-refractivity contribution is 5.97. The average Bonchev–Trinajstić information content (AvgIpc) is 2.95. The second kappa shape index (κ2) is 8.47. The summed E-state index contributed by atoms with van der Waals surface area (Å²) < 4.78 is 41.6. The quantitative estimate of drug-likeness (QED) is 0.802.